The summed E-state index contributed by atoms with van der Waals surface area (Å²) >= 11 is 5.75. The van der Waals surface area contributed by atoms with Crippen molar-refractivity contribution in [2.75, 3.05) is 7.11 Å². The van der Waals surface area contributed by atoms with E-state index in [1.54, 1.807) is 19.2 Å². The van der Waals surface area contributed by atoms with Crippen LogP contribution in [0.3, 0.4) is 0 Å². The van der Waals surface area contributed by atoms with Crippen LogP contribution in [0.4, 0.5) is 4.39 Å². The quantitative estimate of drug-likeness (QED) is 0.348. The van der Waals surface area contributed by atoms with Crippen LogP contribution in [0.15, 0.2) is 89.1 Å². The molecular formula is C27H23FN4O2S. The van der Waals surface area contributed by atoms with Crippen molar-refractivity contribution in [2.45, 2.75) is 19.5 Å². The van der Waals surface area contributed by atoms with Gasteiger partial charge in [-0.1, -0.05) is 59.8 Å². The smallest absolute Gasteiger partial charge is 0.258 e. The average Bonchev–Trinajstić information content (AvgIpc) is 3.37. The van der Waals surface area contributed by atoms with E-state index in [0.29, 0.717) is 23.4 Å². The van der Waals surface area contributed by atoms with Crippen LogP contribution in [0.25, 0.3) is 17.0 Å². The van der Waals surface area contributed by atoms with Crippen LogP contribution >= 0.6 is 12.2 Å². The monoisotopic (exact) mass is 486 g/mol. The number of allylic oxidation sites excluding steroid dienone is 1. The molecule has 0 amide bonds. The number of nitrogens with one attached hydrogen (secondary N) is 1. The summed E-state index contributed by atoms with van der Waals surface area (Å²) in [4.78, 5) is 6.70. The molecule has 8 heteroatoms. The van der Waals surface area contributed by atoms with E-state index >= 15 is 0 Å². The molecule has 1 unspecified atom stereocenters. The molecule has 35 heavy (non-hydrogen) atoms. The van der Waals surface area contributed by atoms with Gasteiger partial charge in [0.15, 0.2) is 5.11 Å². The minimum Gasteiger partial charge on any atom is -0.497 e. The highest BCUT2D eigenvalue weighted by Gasteiger charge is 2.34. The molecule has 2 heterocycles. The molecule has 176 valence electrons. The van der Waals surface area contributed by atoms with Crippen LogP contribution in [-0.2, 0) is 6.54 Å². The van der Waals surface area contributed by atoms with Crippen molar-refractivity contribution in [1.29, 1.82) is 0 Å². The van der Waals surface area contributed by atoms with Crippen molar-refractivity contribution >= 4 is 22.9 Å². The third-order valence-corrected chi connectivity index (χ3v) is 6.33. The number of benzene rings is 3. The van der Waals surface area contributed by atoms with Crippen molar-refractivity contribution in [2.24, 2.45) is 0 Å². The zero-order valence-corrected chi connectivity index (χ0v) is 20.1. The Morgan fingerprint density at radius 2 is 1.74 bits per heavy atom. The van der Waals surface area contributed by atoms with Crippen LogP contribution in [0.1, 0.15) is 30.0 Å². The fourth-order valence-corrected chi connectivity index (χ4v) is 4.42. The summed E-state index contributed by atoms with van der Waals surface area (Å²) in [7, 11) is 1.64. The fraction of sp³-hybridized carbons (Fsp3) is 0.148. The maximum absolute atomic E-state index is 13.7. The highest BCUT2D eigenvalue weighted by Crippen LogP contribution is 2.38. The first-order valence-corrected chi connectivity index (χ1v) is 11.5. The lowest BCUT2D eigenvalue weighted by Gasteiger charge is -2.37. The Balaban J connectivity index is 1.57. The average molecular weight is 487 g/mol. The third kappa shape index (κ3) is 4.65. The van der Waals surface area contributed by atoms with E-state index in [9.17, 15) is 4.39 Å². The standard InChI is InChI=1S/C27H23FN4O2S/c1-17-23(26-30-25(31-34-26)20-6-4-3-5-7-20)24(19-10-12-21(28)13-11-19)29-27(35)32(17)16-18-8-14-22(33-2)15-9-18/h3-15,24H,16H2,1-2H3,(H,29,35). The van der Waals surface area contributed by atoms with Crippen LogP contribution in [0.5, 0.6) is 5.75 Å². The van der Waals surface area contributed by atoms with E-state index in [-0.39, 0.29) is 11.9 Å². The molecule has 3 aromatic carbocycles. The molecule has 1 aromatic heterocycles. The SMILES string of the molecule is COc1ccc(CN2C(=S)NC(c3ccc(F)cc3)C(c3nc(-c4ccccc4)no3)=C2C)cc1. The Morgan fingerprint density at radius 1 is 1.03 bits per heavy atom. The number of methoxy groups -OCH3 is 1. The van der Waals surface area contributed by atoms with Gasteiger partial charge in [0.25, 0.3) is 5.89 Å². The molecule has 0 spiro atoms. The molecule has 1 N–H and O–H groups in total. The minimum atomic E-state index is -0.376. The first-order valence-electron chi connectivity index (χ1n) is 11.1. The Kier molecular flexibility index (Phi) is 6.29. The van der Waals surface area contributed by atoms with Gasteiger partial charge in [0.05, 0.1) is 18.7 Å². The maximum atomic E-state index is 13.7. The predicted molar refractivity (Wildman–Crippen MR) is 136 cm³/mol. The fourth-order valence-electron chi connectivity index (χ4n) is 4.10. The van der Waals surface area contributed by atoms with E-state index in [0.717, 1.165) is 33.7 Å². The Bertz CT molecular complexity index is 1370. The summed E-state index contributed by atoms with van der Waals surface area (Å²) in [5.74, 6) is 1.36. The predicted octanol–water partition coefficient (Wildman–Crippen LogP) is 5.75. The lowest BCUT2D eigenvalue weighted by Crippen LogP contribution is -2.45. The lowest BCUT2D eigenvalue weighted by atomic mass is 9.94. The normalized spacial score (nSPS) is 15.8. The lowest BCUT2D eigenvalue weighted by molar-refractivity contribution is 0.396. The molecule has 4 aromatic rings. The Morgan fingerprint density at radius 3 is 2.43 bits per heavy atom. The topological polar surface area (TPSA) is 63.4 Å². The van der Waals surface area contributed by atoms with Gasteiger partial charge in [-0.05, 0) is 54.5 Å². The van der Waals surface area contributed by atoms with E-state index < -0.39 is 0 Å². The third-order valence-electron chi connectivity index (χ3n) is 5.99. The van der Waals surface area contributed by atoms with E-state index in [4.69, 9.17) is 26.5 Å². The van der Waals surface area contributed by atoms with Crippen molar-refractivity contribution in [3.8, 4) is 17.1 Å². The Hall–Kier alpha value is -4.04. The Labute approximate surface area is 208 Å². The van der Waals surface area contributed by atoms with Gasteiger partial charge >= 0.3 is 0 Å². The van der Waals surface area contributed by atoms with Gasteiger partial charge in [-0.25, -0.2) is 4.39 Å². The van der Waals surface area contributed by atoms with Crippen LogP contribution in [0.2, 0.25) is 0 Å². The number of halogens is 1. The van der Waals surface area contributed by atoms with Crippen LogP contribution < -0.4 is 10.1 Å². The van der Waals surface area contributed by atoms with Gasteiger partial charge in [0, 0.05) is 17.8 Å². The van der Waals surface area contributed by atoms with Gasteiger partial charge in [0.1, 0.15) is 11.6 Å². The summed E-state index contributed by atoms with van der Waals surface area (Å²) in [6, 6.07) is 23.4. The molecular weight excluding hydrogens is 463 g/mol. The molecule has 0 fully saturated rings. The molecule has 1 aliphatic rings. The van der Waals surface area contributed by atoms with Crippen molar-refractivity contribution in [3.63, 3.8) is 0 Å². The number of hydrogen-bond acceptors (Lipinski definition) is 5. The van der Waals surface area contributed by atoms with Gasteiger partial charge in [0.2, 0.25) is 5.82 Å². The molecule has 5 rings (SSSR count). The molecule has 0 radical (unpaired) electrons. The summed E-state index contributed by atoms with van der Waals surface area (Å²) in [6.07, 6.45) is 0. The number of nitrogens with zero attached hydrogens (tertiary/aromatic N) is 3. The molecule has 0 bridgehead atoms. The van der Waals surface area contributed by atoms with E-state index in [2.05, 4.69) is 10.5 Å². The molecule has 0 saturated heterocycles. The highest BCUT2D eigenvalue weighted by molar-refractivity contribution is 7.80. The van der Waals surface area contributed by atoms with Gasteiger partial charge in [-0.15, -0.1) is 0 Å². The number of hydrogen-bond donors (Lipinski definition) is 1. The number of rotatable bonds is 6. The largest absolute Gasteiger partial charge is 0.497 e. The molecule has 6 nitrogen and oxygen atoms in total. The molecule has 1 atom stereocenters. The van der Waals surface area contributed by atoms with Gasteiger partial charge in [-0.2, -0.15) is 4.98 Å². The molecule has 0 saturated carbocycles. The second kappa shape index (κ2) is 9.68. The summed E-state index contributed by atoms with van der Waals surface area (Å²) in [5, 5.41) is 8.16. The van der Waals surface area contributed by atoms with Gasteiger partial charge in [-0.3, -0.25) is 0 Å². The highest BCUT2D eigenvalue weighted by atomic mass is 32.1. The zero-order chi connectivity index (χ0) is 24.4. The van der Waals surface area contributed by atoms with Gasteiger partial charge < -0.3 is 19.5 Å². The summed E-state index contributed by atoms with van der Waals surface area (Å²) in [6.45, 7) is 2.52. The van der Waals surface area contributed by atoms with Crippen LogP contribution in [-0.4, -0.2) is 27.3 Å². The van der Waals surface area contributed by atoms with E-state index in [1.165, 1.54) is 12.1 Å². The second-order valence-corrected chi connectivity index (χ2v) is 8.54. The van der Waals surface area contributed by atoms with Crippen molar-refractivity contribution in [1.82, 2.24) is 20.4 Å². The molecule has 1 aliphatic heterocycles. The summed E-state index contributed by atoms with van der Waals surface area (Å²) < 4.78 is 24.7. The second-order valence-electron chi connectivity index (χ2n) is 8.16. The zero-order valence-electron chi connectivity index (χ0n) is 19.2. The first kappa shape index (κ1) is 22.7. The van der Waals surface area contributed by atoms with Crippen molar-refractivity contribution in [3.05, 3.63) is 107 Å². The first-order chi connectivity index (χ1) is 17.0. The van der Waals surface area contributed by atoms with Crippen LogP contribution in [0, 0.1) is 5.82 Å². The molecule has 0 aliphatic carbocycles. The number of thiocarbonyl (C=S) groups is 1. The van der Waals surface area contributed by atoms with Crippen molar-refractivity contribution < 1.29 is 13.7 Å². The maximum Gasteiger partial charge on any atom is 0.258 e. The minimum absolute atomic E-state index is 0.306. The number of ether oxygens (including phenoxy) is 1. The number of aromatic nitrogens is 2. The van der Waals surface area contributed by atoms with E-state index in [1.807, 2.05) is 66.4 Å². The summed E-state index contributed by atoms with van der Waals surface area (Å²) in [5.41, 5.74) is 4.42.